The van der Waals surface area contributed by atoms with Crippen LogP contribution in [0.1, 0.15) is 44.9 Å². The average Bonchev–Trinajstić information content (AvgIpc) is 3.27. The number of fused-ring (bicyclic) bond motifs is 1. The lowest BCUT2D eigenvalue weighted by molar-refractivity contribution is -0.143. The minimum atomic E-state index is -0.844. The molecule has 10 nitrogen and oxygen atoms in total. The smallest absolute Gasteiger partial charge is 0.343 e. The van der Waals surface area contributed by atoms with Gasteiger partial charge in [-0.1, -0.05) is 23.5 Å². The lowest BCUT2D eigenvalue weighted by Crippen LogP contribution is -2.40. The van der Waals surface area contributed by atoms with Crippen LogP contribution >= 0.6 is 27.3 Å². The number of allylic oxidation sites excluding steroid dienone is 1. The highest BCUT2D eigenvalue weighted by molar-refractivity contribution is 9.10. The van der Waals surface area contributed by atoms with Crippen LogP contribution in [0.25, 0.3) is 6.08 Å². The van der Waals surface area contributed by atoms with Gasteiger partial charge in [0.05, 0.1) is 53.2 Å². The Morgan fingerprint density at radius 2 is 1.71 bits per heavy atom. The lowest BCUT2D eigenvalue weighted by Gasteiger charge is -2.25. The van der Waals surface area contributed by atoms with Gasteiger partial charge in [0.2, 0.25) is 0 Å². The minimum Gasteiger partial charge on any atom is -0.493 e. The third kappa shape index (κ3) is 6.60. The molecule has 0 amide bonds. The molecular formula is C30H31BrN2O8S. The van der Waals surface area contributed by atoms with Gasteiger partial charge in [0.15, 0.2) is 22.9 Å². The highest BCUT2D eigenvalue weighted by atomic mass is 79.9. The molecule has 0 bridgehead atoms. The number of esters is 2. The molecule has 42 heavy (non-hydrogen) atoms. The number of rotatable bonds is 11. The van der Waals surface area contributed by atoms with E-state index in [0.717, 1.165) is 10.0 Å². The second-order valence-corrected chi connectivity index (χ2v) is 10.8. The minimum absolute atomic E-state index is 0.157. The molecule has 1 aliphatic heterocycles. The number of carbonyl (C=O) groups is 2. The third-order valence-electron chi connectivity index (χ3n) is 6.23. The molecular weight excluding hydrogens is 628 g/mol. The molecule has 1 aliphatic rings. The Kier molecular flexibility index (Phi) is 10.2. The number of carbonyl (C=O) groups excluding carboxylic acids is 2. The van der Waals surface area contributed by atoms with Gasteiger partial charge in [0.1, 0.15) is 5.75 Å². The van der Waals surface area contributed by atoms with Crippen LogP contribution in [0.2, 0.25) is 0 Å². The number of thiazole rings is 1. The van der Waals surface area contributed by atoms with Crippen molar-refractivity contribution in [1.29, 1.82) is 0 Å². The quantitative estimate of drug-likeness (QED) is 0.285. The number of nitrogens with zero attached hydrogens (tertiary/aromatic N) is 2. The van der Waals surface area contributed by atoms with E-state index < -0.39 is 18.0 Å². The van der Waals surface area contributed by atoms with Gasteiger partial charge in [-0.2, -0.15) is 0 Å². The monoisotopic (exact) mass is 658 g/mol. The van der Waals surface area contributed by atoms with Gasteiger partial charge < -0.3 is 23.7 Å². The Labute approximate surface area is 255 Å². The fourth-order valence-corrected chi connectivity index (χ4v) is 5.97. The summed E-state index contributed by atoms with van der Waals surface area (Å²) in [7, 11) is 1.27. The molecule has 0 unspecified atom stereocenters. The Morgan fingerprint density at radius 1 is 1.00 bits per heavy atom. The SMILES string of the molecule is CCOC(=O)C1=C(C)N=c2s/c(=C\c3ccc(OCC)c(Br)c3)c(=O)n2[C@H]1c1ccc(OCC(=O)OC)c(OCC)c1. The first kappa shape index (κ1) is 31.0. The summed E-state index contributed by atoms with van der Waals surface area (Å²) in [5.41, 5.74) is 1.74. The van der Waals surface area contributed by atoms with Crippen molar-refractivity contribution in [2.24, 2.45) is 4.99 Å². The van der Waals surface area contributed by atoms with Gasteiger partial charge in [-0.05, 0) is 85.1 Å². The second kappa shape index (κ2) is 13.8. The van der Waals surface area contributed by atoms with Crippen molar-refractivity contribution in [1.82, 2.24) is 4.57 Å². The summed E-state index contributed by atoms with van der Waals surface area (Å²) in [4.78, 5) is 43.9. The van der Waals surface area contributed by atoms with Crippen molar-refractivity contribution >= 4 is 45.3 Å². The molecule has 0 spiro atoms. The zero-order chi connectivity index (χ0) is 30.4. The summed E-state index contributed by atoms with van der Waals surface area (Å²) < 4.78 is 29.8. The van der Waals surface area contributed by atoms with E-state index in [9.17, 15) is 14.4 Å². The first-order valence-corrected chi connectivity index (χ1v) is 14.9. The van der Waals surface area contributed by atoms with Crippen molar-refractivity contribution in [2.75, 3.05) is 33.5 Å². The molecule has 0 radical (unpaired) electrons. The van der Waals surface area contributed by atoms with E-state index in [4.69, 9.17) is 18.9 Å². The number of methoxy groups -OCH3 is 1. The van der Waals surface area contributed by atoms with Crippen LogP contribution in [0.4, 0.5) is 0 Å². The predicted molar refractivity (Wildman–Crippen MR) is 161 cm³/mol. The maximum Gasteiger partial charge on any atom is 0.343 e. The van der Waals surface area contributed by atoms with Gasteiger partial charge in [0, 0.05) is 0 Å². The first-order valence-electron chi connectivity index (χ1n) is 13.3. The zero-order valence-corrected chi connectivity index (χ0v) is 26.3. The maximum atomic E-state index is 13.9. The first-order chi connectivity index (χ1) is 20.2. The summed E-state index contributed by atoms with van der Waals surface area (Å²) in [6, 6.07) is 9.77. The highest BCUT2D eigenvalue weighted by Crippen LogP contribution is 2.36. The molecule has 2 heterocycles. The van der Waals surface area contributed by atoms with E-state index in [1.807, 2.05) is 32.0 Å². The van der Waals surface area contributed by atoms with Crippen LogP contribution in [0, 0.1) is 0 Å². The number of hydrogen-bond donors (Lipinski definition) is 0. The summed E-state index contributed by atoms with van der Waals surface area (Å²) in [6.07, 6.45) is 1.78. The van der Waals surface area contributed by atoms with Gasteiger partial charge in [-0.25, -0.2) is 14.6 Å². The molecule has 222 valence electrons. The van der Waals surface area contributed by atoms with Crippen molar-refractivity contribution in [2.45, 2.75) is 33.7 Å². The normalized spacial score (nSPS) is 14.6. The molecule has 2 aromatic carbocycles. The van der Waals surface area contributed by atoms with Crippen LogP contribution in [0.3, 0.4) is 0 Å². The van der Waals surface area contributed by atoms with Crippen molar-refractivity contribution in [3.63, 3.8) is 0 Å². The molecule has 0 aliphatic carbocycles. The van der Waals surface area contributed by atoms with E-state index in [1.54, 1.807) is 38.1 Å². The summed E-state index contributed by atoms with van der Waals surface area (Å²) >= 11 is 4.75. The van der Waals surface area contributed by atoms with Crippen LogP contribution in [0.5, 0.6) is 17.2 Å². The third-order valence-corrected chi connectivity index (χ3v) is 7.83. The van der Waals surface area contributed by atoms with Gasteiger partial charge in [-0.15, -0.1) is 0 Å². The average molecular weight is 660 g/mol. The van der Waals surface area contributed by atoms with E-state index in [0.29, 0.717) is 51.1 Å². The molecule has 0 saturated heterocycles. The van der Waals surface area contributed by atoms with E-state index in [2.05, 4.69) is 25.7 Å². The van der Waals surface area contributed by atoms with Gasteiger partial charge >= 0.3 is 11.9 Å². The largest absolute Gasteiger partial charge is 0.493 e. The van der Waals surface area contributed by atoms with Crippen molar-refractivity contribution in [3.8, 4) is 17.2 Å². The van der Waals surface area contributed by atoms with E-state index in [1.165, 1.54) is 23.0 Å². The lowest BCUT2D eigenvalue weighted by atomic mass is 9.95. The molecule has 4 rings (SSSR count). The highest BCUT2D eigenvalue weighted by Gasteiger charge is 2.34. The molecule has 0 N–H and O–H groups in total. The number of ether oxygens (including phenoxy) is 5. The Morgan fingerprint density at radius 3 is 2.38 bits per heavy atom. The predicted octanol–water partition coefficient (Wildman–Crippen LogP) is 3.91. The van der Waals surface area contributed by atoms with Gasteiger partial charge in [0.25, 0.3) is 5.56 Å². The van der Waals surface area contributed by atoms with Crippen molar-refractivity contribution < 1.29 is 33.3 Å². The fourth-order valence-electron chi connectivity index (χ4n) is 4.42. The molecule has 1 atom stereocenters. The zero-order valence-electron chi connectivity index (χ0n) is 23.9. The molecule has 3 aromatic rings. The molecule has 12 heteroatoms. The van der Waals surface area contributed by atoms with E-state index >= 15 is 0 Å². The van der Waals surface area contributed by atoms with Crippen LogP contribution in [0.15, 0.2) is 61.9 Å². The Hall–Kier alpha value is -3.90. The topological polar surface area (TPSA) is 115 Å². The number of aromatic nitrogens is 1. The summed E-state index contributed by atoms with van der Waals surface area (Å²) in [5, 5.41) is 0. The van der Waals surface area contributed by atoms with Crippen LogP contribution in [-0.4, -0.2) is 50.0 Å². The van der Waals surface area contributed by atoms with Crippen LogP contribution < -0.4 is 29.1 Å². The maximum absolute atomic E-state index is 13.9. The number of halogens is 1. The molecule has 0 fully saturated rings. The number of hydrogen-bond acceptors (Lipinski definition) is 10. The van der Waals surface area contributed by atoms with Crippen molar-refractivity contribution in [3.05, 3.63) is 83.0 Å². The van der Waals surface area contributed by atoms with Gasteiger partial charge in [-0.3, -0.25) is 9.36 Å². The standard InChI is InChI=1S/C30H31BrN2O8S/c1-6-38-21-11-9-18(13-20(21)31)14-24-28(35)33-27(26(29(36)40-8-3)17(4)32-30(33)42-24)19-10-12-22(23(15-19)39-7-2)41-16-25(34)37-5/h9-15,27H,6-8,16H2,1-5H3/b24-14-/t27-/m0/s1. The Balaban J connectivity index is 1.87. The molecule has 0 saturated carbocycles. The summed E-state index contributed by atoms with van der Waals surface area (Å²) in [5.74, 6) is 0.250. The fraction of sp³-hybridized carbons (Fsp3) is 0.333. The second-order valence-electron chi connectivity index (χ2n) is 8.93. The molecule has 1 aromatic heterocycles. The van der Waals surface area contributed by atoms with E-state index in [-0.39, 0.29) is 24.3 Å². The van der Waals surface area contributed by atoms with Crippen LogP contribution in [-0.2, 0) is 19.1 Å². The number of benzene rings is 2. The summed E-state index contributed by atoms with van der Waals surface area (Å²) in [6.45, 7) is 7.85. The Bertz CT molecular complexity index is 1710.